The highest BCUT2D eigenvalue weighted by Gasteiger charge is 2.24. The lowest BCUT2D eigenvalue weighted by atomic mass is 9.99. The van der Waals surface area contributed by atoms with E-state index >= 15 is 0 Å². The quantitative estimate of drug-likeness (QED) is 0.885. The molecule has 8 nitrogen and oxygen atoms in total. The van der Waals surface area contributed by atoms with Crippen LogP contribution in [0.4, 0.5) is 10.6 Å². The van der Waals surface area contributed by atoms with Crippen molar-refractivity contribution in [3.63, 3.8) is 0 Å². The molecule has 2 aromatic rings. The topological polar surface area (TPSA) is 102 Å². The van der Waals surface area contributed by atoms with Crippen molar-refractivity contribution in [1.29, 1.82) is 0 Å². The van der Waals surface area contributed by atoms with Crippen LogP contribution in [0.2, 0.25) is 0 Å². The zero-order valence-corrected chi connectivity index (χ0v) is 15.7. The fraction of sp³-hybridized carbons (Fsp3) is 0.368. The first-order chi connectivity index (χ1) is 12.9. The summed E-state index contributed by atoms with van der Waals surface area (Å²) < 4.78 is 5.38. The number of primary amides is 1. The average Bonchev–Trinajstić information content (AvgIpc) is 2.67. The van der Waals surface area contributed by atoms with Crippen molar-refractivity contribution < 1.29 is 14.3 Å². The number of carbonyl (C=O) groups excluding carboxylic acids is 2. The number of fused-ring (bicyclic) bond motifs is 1. The van der Waals surface area contributed by atoms with Crippen LogP contribution in [0.1, 0.15) is 23.7 Å². The van der Waals surface area contributed by atoms with Crippen molar-refractivity contribution in [3.05, 3.63) is 41.9 Å². The molecule has 0 spiro atoms. The van der Waals surface area contributed by atoms with Gasteiger partial charge in [0.25, 0.3) is 5.91 Å². The zero-order valence-electron chi connectivity index (χ0n) is 15.7. The van der Waals surface area contributed by atoms with Crippen molar-refractivity contribution in [2.75, 3.05) is 32.6 Å². The summed E-state index contributed by atoms with van der Waals surface area (Å²) >= 11 is 0. The van der Waals surface area contributed by atoms with Crippen molar-refractivity contribution >= 4 is 17.8 Å². The Bertz CT molecular complexity index is 868. The van der Waals surface area contributed by atoms with E-state index in [1.54, 1.807) is 32.7 Å². The van der Waals surface area contributed by atoms with E-state index in [1.807, 2.05) is 12.1 Å². The molecular formula is C19H23N5O3. The number of carbonyl (C=O) groups is 2. The smallest absolute Gasteiger partial charge is 0.320 e. The molecule has 2 aromatic heterocycles. The van der Waals surface area contributed by atoms with E-state index < -0.39 is 12.1 Å². The number of rotatable bonds is 4. The van der Waals surface area contributed by atoms with Crippen LogP contribution in [0.5, 0.6) is 0 Å². The van der Waals surface area contributed by atoms with Gasteiger partial charge in [0.1, 0.15) is 5.82 Å². The van der Waals surface area contributed by atoms with E-state index in [2.05, 4.69) is 9.97 Å². The third kappa shape index (κ3) is 3.75. The molecule has 0 bridgehead atoms. The van der Waals surface area contributed by atoms with Gasteiger partial charge in [-0.05, 0) is 30.5 Å². The zero-order chi connectivity index (χ0) is 19.6. The van der Waals surface area contributed by atoms with Crippen LogP contribution in [0, 0.1) is 0 Å². The van der Waals surface area contributed by atoms with Gasteiger partial charge >= 0.3 is 6.03 Å². The molecule has 0 radical (unpaired) electrons. The molecule has 27 heavy (non-hydrogen) atoms. The maximum absolute atomic E-state index is 12.3. The molecule has 0 saturated carbocycles. The Labute approximate surface area is 158 Å². The minimum absolute atomic E-state index is 0.155. The summed E-state index contributed by atoms with van der Waals surface area (Å²) in [6.45, 7) is 0.577. The Kier molecular flexibility index (Phi) is 5.36. The van der Waals surface area contributed by atoms with Crippen molar-refractivity contribution in [3.8, 4) is 11.1 Å². The molecule has 142 valence electrons. The number of ether oxygens (including phenoxy) is 1. The number of urea groups is 1. The summed E-state index contributed by atoms with van der Waals surface area (Å²) in [5, 5.41) is 0. The number of nitrogens with zero attached hydrogens (tertiary/aromatic N) is 4. The monoisotopic (exact) mass is 369 g/mol. The predicted octanol–water partition coefficient (Wildman–Crippen LogP) is 1.75. The van der Waals surface area contributed by atoms with Crippen LogP contribution in [-0.4, -0.2) is 54.6 Å². The van der Waals surface area contributed by atoms with Crippen LogP contribution < -0.4 is 10.6 Å². The number of aromatic nitrogens is 2. The molecule has 1 atom stereocenters. The SMILES string of the molecule is COC(C(=O)N(C)C)c1cncc(-c2cnc3c(c2)CCCN3C(N)=O)c1. The highest BCUT2D eigenvalue weighted by Crippen LogP contribution is 2.30. The molecule has 3 heterocycles. The molecule has 3 rings (SSSR count). The number of aryl methyl sites for hydroxylation is 1. The number of amides is 3. The summed E-state index contributed by atoms with van der Waals surface area (Å²) in [6.07, 6.45) is 5.98. The highest BCUT2D eigenvalue weighted by atomic mass is 16.5. The number of likely N-dealkylation sites (N-methyl/N-ethyl adjacent to an activating group) is 1. The van der Waals surface area contributed by atoms with Gasteiger partial charge in [0.2, 0.25) is 0 Å². The number of methoxy groups -OCH3 is 1. The summed E-state index contributed by atoms with van der Waals surface area (Å²) in [4.78, 5) is 35.6. The van der Waals surface area contributed by atoms with Gasteiger partial charge in [0.15, 0.2) is 6.10 Å². The molecular weight excluding hydrogens is 346 g/mol. The van der Waals surface area contributed by atoms with E-state index in [-0.39, 0.29) is 5.91 Å². The van der Waals surface area contributed by atoms with Crippen LogP contribution >= 0.6 is 0 Å². The van der Waals surface area contributed by atoms with Crippen molar-refractivity contribution in [2.24, 2.45) is 5.73 Å². The molecule has 8 heteroatoms. The first-order valence-corrected chi connectivity index (χ1v) is 8.67. The molecule has 1 aliphatic rings. The van der Waals surface area contributed by atoms with Gasteiger partial charge in [-0.1, -0.05) is 0 Å². The second-order valence-electron chi connectivity index (χ2n) is 6.66. The number of hydrogen-bond donors (Lipinski definition) is 1. The Balaban J connectivity index is 1.96. The number of hydrogen-bond acceptors (Lipinski definition) is 5. The third-order valence-electron chi connectivity index (χ3n) is 4.59. The number of nitrogens with two attached hydrogens (primary N) is 1. The molecule has 3 amide bonds. The van der Waals surface area contributed by atoms with E-state index in [1.165, 1.54) is 16.9 Å². The molecule has 0 saturated heterocycles. The van der Waals surface area contributed by atoms with Crippen molar-refractivity contribution in [1.82, 2.24) is 14.9 Å². The largest absolute Gasteiger partial charge is 0.367 e. The lowest BCUT2D eigenvalue weighted by Crippen LogP contribution is -2.40. The Hall–Kier alpha value is -3.00. The number of anilines is 1. The first-order valence-electron chi connectivity index (χ1n) is 8.67. The maximum atomic E-state index is 12.3. The summed E-state index contributed by atoms with van der Waals surface area (Å²) in [5.74, 6) is 0.455. The van der Waals surface area contributed by atoms with Gasteiger partial charge in [0, 0.05) is 63.0 Å². The van der Waals surface area contributed by atoms with Gasteiger partial charge in [-0.25, -0.2) is 9.78 Å². The summed E-state index contributed by atoms with van der Waals surface area (Å²) in [7, 11) is 4.87. The molecule has 1 aliphatic heterocycles. The lowest BCUT2D eigenvalue weighted by molar-refractivity contribution is -0.139. The van der Waals surface area contributed by atoms with E-state index in [9.17, 15) is 9.59 Å². The van der Waals surface area contributed by atoms with Gasteiger partial charge in [-0.2, -0.15) is 0 Å². The molecule has 0 fully saturated rings. The Morgan fingerprint density at radius 1 is 1.22 bits per heavy atom. The van der Waals surface area contributed by atoms with Crippen LogP contribution in [0.3, 0.4) is 0 Å². The maximum Gasteiger partial charge on any atom is 0.320 e. The predicted molar refractivity (Wildman–Crippen MR) is 101 cm³/mol. The first kappa shape index (κ1) is 18.8. The molecule has 0 aliphatic carbocycles. The third-order valence-corrected chi connectivity index (χ3v) is 4.59. The second-order valence-corrected chi connectivity index (χ2v) is 6.66. The van der Waals surface area contributed by atoms with Crippen LogP contribution in [-0.2, 0) is 16.0 Å². The summed E-state index contributed by atoms with van der Waals surface area (Å²) in [5.41, 5.74) is 8.77. The molecule has 0 aromatic carbocycles. The fourth-order valence-electron chi connectivity index (χ4n) is 3.21. The summed E-state index contributed by atoms with van der Waals surface area (Å²) in [6, 6.07) is 3.37. The fourth-order valence-corrected chi connectivity index (χ4v) is 3.21. The normalized spacial score (nSPS) is 14.4. The lowest BCUT2D eigenvalue weighted by Gasteiger charge is -2.27. The minimum Gasteiger partial charge on any atom is -0.367 e. The average molecular weight is 369 g/mol. The Morgan fingerprint density at radius 3 is 2.63 bits per heavy atom. The van der Waals surface area contributed by atoms with E-state index in [4.69, 9.17) is 10.5 Å². The molecule has 2 N–H and O–H groups in total. The van der Waals surface area contributed by atoms with Gasteiger partial charge in [0.05, 0.1) is 0 Å². The van der Waals surface area contributed by atoms with Crippen molar-refractivity contribution in [2.45, 2.75) is 18.9 Å². The second kappa shape index (κ2) is 7.71. The van der Waals surface area contributed by atoms with E-state index in [0.717, 1.165) is 29.5 Å². The standard InChI is InChI=1S/C19H23N5O3/c1-23(2)18(25)16(27-3)15-8-13(9-21-10-15)14-7-12-5-4-6-24(19(20)26)17(12)22-11-14/h7-11,16H,4-6H2,1-3H3,(H2,20,26). The van der Waals surface area contributed by atoms with Gasteiger partial charge in [-0.3, -0.25) is 14.7 Å². The van der Waals surface area contributed by atoms with Gasteiger partial charge in [-0.15, -0.1) is 0 Å². The number of pyridine rings is 2. The minimum atomic E-state index is -0.719. The van der Waals surface area contributed by atoms with Crippen LogP contribution in [0.15, 0.2) is 30.7 Å². The molecule has 1 unspecified atom stereocenters. The van der Waals surface area contributed by atoms with Gasteiger partial charge < -0.3 is 15.4 Å². The van der Waals surface area contributed by atoms with E-state index in [0.29, 0.717) is 17.9 Å². The van der Waals surface area contributed by atoms with Crippen LogP contribution in [0.25, 0.3) is 11.1 Å². The highest BCUT2D eigenvalue weighted by molar-refractivity contribution is 5.91. The Morgan fingerprint density at radius 2 is 1.96 bits per heavy atom.